The lowest BCUT2D eigenvalue weighted by Gasteiger charge is -2.28. The van der Waals surface area contributed by atoms with E-state index in [0.717, 1.165) is 6.42 Å². The highest BCUT2D eigenvalue weighted by molar-refractivity contribution is 5.95. The molecule has 0 unspecified atom stereocenters. The van der Waals surface area contributed by atoms with Crippen molar-refractivity contribution in [2.24, 2.45) is 0 Å². The zero-order chi connectivity index (χ0) is 15.4. The number of hydrogen-bond donors (Lipinski definition) is 3. The number of carbonyl (C=O) groups excluding carboxylic acids is 2. The van der Waals surface area contributed by atoms with Gasteiger partial charge in [-0.05, 0) is 31.0 Å². The van der Waals surface area contributed by atoms with Crippen molar-refractivity contribution in [1.82, 2.24) is 10.6 Å². The topological polar surface area (TPSA) is 87.7 Å². The zero-order valence-corrected chi connectivity index (χ0v) is 12.0. The summed E-state index contributed by atoms with van der Waals surface area (Å²) in [6.45, 7) is 3.90. The van der Waals surface area contributed by atoms with Crippen molar-refractivity contribution in [3.05, 3.63) is 41.1 Å². The van der Waals surface area contributed by atoms with Crippen LogP contribution < -0.4 is 10.6 Å². The van der Waals surface area contributed by atoms with E-state index in [1.54, 1.807) is 19.1 Å². The highest BCUT2D eigenvalue weighted by atomic mass is 16.5. The Labute approximate surface area is 122 Å². The number of phenols is 1. The molecule has 1 aromatic carbocycles. The monoisotopic (exact) mass is 290 g/mol. The molecule has 0 saturated heterocycles. The summed E-state index contributed by atoms with van der Waals surface area (Å²) < 4.78 is 5.17. The number of urea groups is 1. The molecule has 21 heavy (non-hydrogen) atoms. The number of benzene rings is 1. The summed E-state index contributed by atoms with van der Waals surface area (Å²) >= 11 is 0. The van der Waals surface area contributed by atoms with Crippen LogP contribution in [0.3, 0.4) is 0 Å². The molecule has 112 valence electrons. The van der Waals surface area contributed by atoms with E-state index in [9.17, 15) is 14.7 Å². The first kappa shape index (κ1) is 14.9. The summed E-state index contributed by atoms with van der Waals surface area (Å²) in [5, 5.41) is 14.6. The molecule has 2 amide bonds. The molecular weight excluding hydrogens is 272 g/mol. The van der Waals surface area contributed by atoms with Gasteiger partial charge in [0.1, 0.15) is 5.75 Å². The Morgan fingerprint density at radius 1 is 1.33 bits per heavy atom. The first-order valence-corrected chi connectivity index (χ1v) is 6.77. The molecule has 1 aliphatic rings. The predicted octanol–water partition coefficient (Wildman–Crippen LogP) is 1.97. The quantitative estimate of drug-likeness (QED) is 0.740. The molecule has 2 rings (SSSR count). The fraction of sp³-hybridized carbons (Fsp3) is 0.333. The van der Waals surface area contributed by atoms with Crippen LogP contribution >= 0.6 is 0 Å². The van der Waals surface area contributed by atoms with Crippen LogP contribution in [-0.2, 0) is 9.53 Å². The highest BCUT2D eigenvalue weighted by Gasteiger charge is 2.32. The van der Waals surface area contributed by atoms with E-state index >= 15 is 0 Å². The molecule has 1 atom stereocenters. The Morgan fingerprint density at radius 2 is 2.00 bits per heavy atom. The maximum absolute atomic E-state index is 12.2. The number of carbonyl (C=O) groups is 2. The SMILES string of the molecule is CCCOC(=O)C1=C(C)NC(=O)N[C@@H]1c1ccc(O)cc1. The third-order valence-electron chi connectivity index (χ3n) is 3.15. The fourth-order valence-electron chi connectivity index (χ4n) is 2.15. The van der Waals surface area contributed by atoms with Crippen LogP contribution in [-0.4, -0.2) is 23.7 Å². The van der Waals surface area contributed by atoms with E-state index in [1.165, 1.54) is 12.1 Å². The molecule has 0 aliphatic carbocycles. The van der Waals surface area contributed by atoms with Gasteiger partial charge in [0.25, 0.3) is 0 Å². The average molecular weight is 290 g/mol. The number of ether oxygens (including phenoxy) is 1. The van der Waals surface area contributed by atoms with E-state index < -0.39 is 12.0 Å². The second kappa shape index (κ2) is 6.30. The molecule has 0 aromatic heterocycles. The number of phenolic OH excluding ortho intramolecular Hbond substituents is 1. The van der Waals surface area contributed by atoms with Gasteiger partial charge in [-0.15, -0.1) is 0 Å². The van der Waals surface area contributed by atoms with E-state index in [1.807, 2.05) is 6.92 Å². The van der Waals surface area contributed by atoms with Crippen LogP contribution in [0, 0.1) is 0 Å². The molecule has 0 bridgehead atoms. The molecule has 6 nitrogen and oxygen atoms in total. The number of nitrogens with one attached hydrogen (secondary N) is 2. The van der Waals surface area contributed by atoms with Crippen molar-refractivity contribution in [3.63, 3.8) is 0 Å². The zero-order valence-electron chi connectivity index (χ0n) is 12.0. The van der Waals surface area contributed by atoms with Gasteiger partial charge < -0.3 is 20.5 Å². The van der Waals surface area contributed by atoms with Gasteiger partial charge in [-0.25, -0.2) is 9.59 Å². The third-order valence-corrected chi connectivity index (χ3v) is 3.15. The van der Waals surface area contributed by atoms with E-state index in [4.69, 9.17) is 4.74 Å². The Hall–Kier alpha value is -2.50. The standard InChI is InChI=1S/C15H18N2O4/c1-3-8-21-14(19)12-9(2)16-15(20)17-13(12)10-4-6-11(18)7-5-10/h4-7,13,18H,3,8H2,1-2H3,(H2,16,17,20)/t13-/m1/s1. The van der Waals surface area contributed by atoms with Crippen molar-refractivity contribution in [3.8, 4) is 5.75 Å². The van der Waals surface area contributed by atoms with Crippen LogP contribution in [0.5, 0.6) is 5.75 Å². The molecule has 1 aromatic rings. The lowest BCUT2D eigenvalue weighted by Crippen LogP contribution is -2.45. The summed E-state index contributed by atoms with van der Waals surface area (Å²) in [6.07, 6.45) is 0.724. The second-order valence-electron chi connectivity index (χ2n) is 4.80. The fourth-order valence-corrected chi connectivity index (χ4v) is 2.15. The maximum atomic E-state index is 12.2. The predicted molar refractivity (Wildman–Crippen MR) is 76.5 cm³/mol. The van der Waals surface area contributed by atoms with Crippen LogP contribution in [0.25, 0.3) is 0 Å². The molecule has 0 spiro atoms. The molecule has 6 heteroatoms. The number of allylic oxidation sites excluding steroid dienone is 1. The number of esters is 1. The lowest BCUT2D eigenvalue weighted by atomic mass is 9.95. The molecule has 1 heterocycles. The first-order valence-electron chi connectivity index (χ1n) is 6.77. The molecule has 0 fully saturated rings. The van der Waals surface area contributed by atoms with Crippen molar-refractivity contribution in [2.75, 3.05) is 6.61 Å². The smallest absolute Gasteiger partial charge is 0.338 e. The largest absolute Gasteiger partial charge is 0.508 e. The molecular formula is C15H18N2O4. The van der Waals surface area contributed by atoms with Crippen molar-refractivity contribution >= 4 is 12.0 Å². The molecule has 3 N–H and O–H groups in total. The lowest BCUT2D eigenvalue weighted by molar-refractivity contribution is -0.139. The number of hydrogen-bond acceptors (Lipinski definition) is 4. The Balaban J connectivity index is 2.35. The van der Waals surface area contributed by atoms with Crippen molar-refractivity contribution in [2.45, 2.75) is 26.3 Å². The van der Waals surface area contributed by atoms with Crippen LogP contribution in [0.4, 0.5) is 4.79 Å². The minimum Gasteiger partial charge on any atom is -0.508 e. The molecule has 1 aliphatic heterocycles. The van der Waals surface area contributed by atoms with Gasteiger partial charge >= 0.3 is 12.0 Å². The normalized spacial score (nSPS) is 18.0. The van der Waals surface area contributed by atoms with Crippen LogP contribution in [0.2, 0.25) is 0 Å². The van der Waals surface area contributed by atoms with E-state index in [2.05, 4.69) is 10.6 Å². The summed E-state index contributed by atoms with van der Waals surface area (Å²) in [6, 6.07) is 5.36. The van der Waals surface area contributed by atoms with Gasteiger partial charge in [0, 0.05) is 5.70 Å². The minimum absolute atomic E-state index is 0.120. The summed E-state index contributed by atoms with van der Waals surface area (Å²) in [5.41, 5.74) is 1.54. The van der Waals surface area contributed by atoms with Gasteiger partial charge in [0.15, 0.2) is 0 Å². The Kier molecular flexibility index (Phi) is 4.47. The molecule has 0 radical (unpaired) electrons. The number of aromatic hydroxyl groups is 1. The van der Waals surface area contributed by atoms with E-state index in [0.29, 0.717) is 23.4 Å². The minimum atomic E-state index is -0.594. The summed E-state index contributed by atoms with van der Waals surface area (Å²) in [7, 11) is 0. The Morgan fingerprint density at radius 3 is 2.62 bits per heavy atom. The maximum Gasteiger partial charge on any atom is 0.338 e. The van der Waals surface area contributed by atoms with Gasteiger partial charge in [0.2, 0.25) is 0 Å². The second-order valence-corrected chi connectivity index (χ2v) is 4.80. The third kappa shape index (κ3) is 3.34. The van der Waals surface area contributed by atoms with Gasteiger partial charge in [-0.2, -0.15) is 0 Å². The van der Waals surface area contributed by atoms with E-state index in [-0.39, 0.29) is 11.8 Å². The average Bonchev–Trinajstić information content (AvgIpc) is 2.44. The Bertz CT molecular complexity index is 578. The molecule has 0 saturated carbocycles. The van der Waals surface area contributed by atoms with Crippen molar-refractivity contribution < 1.29 is 19.4 Å². The van der Waals surface area contributed by atoms with Gasteiger partial charge in [0.05, 0.1) is 18.2 Å². The van der Waals surface area contributed by atoms with Crippen LogP contribution in [0.15, 0.2) is 35.5 Å². The number of rotatable bonds is 4. The van der Waals surface area contributed by atoms with Gasteiger partial charge in [-0.3, -0.25) is 0 Å². The van der Waals surface area contributed by atoms with Gasteiger partial charge in [-0.1, -0.05) is 19.1 Å². The van der Waals surface area contributed by atoms with Crippen molar-refractivity contribution in [1.29, 1.82) is 0 Å². The first-order chi connectivity index (χ1) is 10.0. The summed E-state index contributed by atoms with van der Waals surface area (Å²) in [4.78, 5) is 23.9. The highest BCUT2D eigenvalue weighted by Crippen LogP contribution is 2.28. The summed E-state index contributed by atoms with van der Waals surface area (Å²) in [5.74, 6) is -0.338. The van der Waals surface area contributed by atoms with Crippen LogP contribution in [0.1, 0.15) is 31.9 Å². The number of amides is 2.